The summed E-state index contributed by atoms with van der Waals surface area (Å²) in [5.41, 5.74) is 1.04. The first-order valence-corrected chi connectivity index (χ1v) is 4.72. The number of nitrogens with zero attached hydrogens (tertiary/aromatic N) is 1. The lowest BCUT2D eigenvalue weighted by Gasteiger charge is -1.99. The van der Waals surface area contributed by atoms with Crippen molar-refractivity contribution in [1.82, 2.24) is 4.98 Å². The predicted octanol–water partition coefficient (Wildman–Crippen LogP) is 3.35. The summed E-state index contributed by atoms with van der Waals surface area (Å²) in [6, 6.07) is 1.88. The Kier molecular flexibility index (Phi) is 3.14. The Labute approximate surface area is 81.1 Å². The molecule has 1 heterocycles. The monoisotopic (exact) mass is 283 g/mol. The average Bonchev–Trinajstić information content (AvgIpc) is 1.95. The van der Waals surface area contributed by atoms with Gasteiger partial charge in [-0.05, 0) is 43.5 Å². The molecule has 0 aromatic carbocycles. The summed E-state index contributed by atoms with van der Waals surface area (Å²) in [6.07, 6.45) is 1.71. The number of aromatic nitrogens is 1. The second kappa shape index (κ2) is 3.69. The predicted molar refractivity (Wildman–Crippen MR) is 49.2 cm³/mol. The third-order valence-electron chi connectivity index (χ3n) is 1.07. The topological polar surface area (TPSA) is 12.9 Å². The van der Waals surface area contributed by atoms with E-state index in [4.69, 9.17) is 11.6 Å². The Morgan fingerprint density at radius 3 is 2.70 bits per heavy atom. The molecule has 1 rings (SSSR count). The summed E-state index contributed by atoms with van der Waals surface area (Å²) < 4.78 is 1.73. The second-order valence-corrected chi connectivity index (χ2v) is 3.52. The number of hydrogen-bond acceptors (Lipinski definition) is 1. The van der Waals surface area contributed by atoms with Gasteiger partial charge < -0.3 is 0 Å². The minimum atomic E-state index is 0.502. The van der Waals surface area contributed by atoms with Crippen LogP contribution in [0.5, 0.6) is 0 Å². The molecule has 0 unspecified atom stereocenters. The molecule has 0 aliphatic rings. The largest absolute Gasteiger partial charge is 0.248 e. The Bertz CT molecular complexity index is 239. The number of alkyl halides is 1. The van der Waals surface area contributed by atoms with Crippen molar-refractivity contribution in [1.29, 1.82) is 0 Å². The number of pyridine rings is 1. The minimum absolute atomic E-state index is 0.502. The molecule has 0 saturated heterocycles. The lowest BCUT2D eigenvalue weighted by atomic mass is 10.3. The smallest absolute Gasteiger partial charge is 0.120 e. The molecular formula is C6H4Br2ClN. The first kappa shape index (κ1) is 8.50. The summed E-state index contributed by atoms with van der Waals surface area (Å²) in [5.74, 6) is 0.502. The van der Waals surface area contributed by atoms with Gasteiger partial charge in [-0.2, -0.15) is 0 Å². The van der Waals surface area contributed by atoms with Crippen molar-refractivity contribution in [2.75, 3.05) is 0 Å². The molecule has 0 N–H and O–H groups in total. The van der Waals surface area contributed by atoms with Crippen LogP contribution in [0.1, 0.15) is 5.56 Å². The van der Waals surface area contributed by atoms with Crippen molar-refractivity contribution < 1.29 is 0 Å². The fourth-order valence-corrected chi connectivity index (χ4v) is 1.69. The van der Waals surface area contributed by atoms with E-state index in [1.807, 2.05) is 6.07 Å². The highest BCUT2D eigenvalue weighted by Crippen LogP contribution is 2.25. The van der Waals surface area contributed by atoms with Crippen LogP contribution in [0.15, 0.2) is 21.3 Å². The van der Waals surface area contributed by atoms with Gasteiger partial charge in [0.2, 0.25) is 0 Å². The van der Waals surface area contributed by atoms with E-state index in [-0.39, 0.29) is 0 Å². The third kappa shape index (κ3) is 1.71. The van der Waals surface area contributed by atoms with Gasteiger partial charge >= 0.3 is 0 Å². The summed E-state index contributed by atoms with van der Waals surface area (Å²) in [5, 5.41) is 0. The standard InChI is InChI=1S/C6H4Br2ClN/c7-5-4(3-9)1-2-10-6(5)8/h1-2H,3H2. The van der Waals surface area contributed by atoms with E-state index in [1.165, 1.54) is 0 Å². The maximum Gasteiger partial charge on any atom is 0.120 e. The summed E-state index contributed by atoms with van der Waals surface area (Å²) in [7, 11) is 0. The maximum absolute atomic E-state index is 5.63. The van der Waals surface area contributed by atoms with Gasteiger partial charge in [-0.15, -0.1) is 11.6 Å². The van der Waals surface area contributed by atoms with Gasteiger partial charge in [-0.3, -0.25) is 0 Å². The molecule has 0 bridgehead atoms. The summed E-state index contributed by atoms with van der Waals surface area (Å²) >= 11 is 12.2. The van der Waals surface area contributed by atoms with Gasteiger partial charge in [0, 0.05) is 12.1 Å². The molecule has 0 spiro atoms. The molecule has 10 heavy (non-hydrogen) atoms. The van der Waals surface area contributed by atoms with E-state index in [9.17, 15) is 0 Å². The first-order chi connectivity index (χ1) is 4.75. The van der Waals surface area contributed by atoms with Gasteiger partial charge in [0.15, 0.2) is 0 Å². The van der Waals surface area contributed by atoms with Crippen LogP contribution in [0.25, 0.3) is 0 Å². The molecule has 1 aromatic rings. The fourth-order valence-electron chi connectivity index (χ4n) is 0.558. The molecule has 4 heteroatoms. The normalized spacial score (nSPS) is 9.90. The quantitative estimate of drug-likeness (QED) is 0.569. The molecule has 0 atom stereocenters. The van der Waals surface area contributed by atoms with Crippen molar-refractivity contribution >= 4 is 43.5 Å². The average molecular weight is 285 g/mol. The highest BCUT2D eigenvalue weighted by Gasteiger charge is 2.01. The summed E-state index contributed by atoms with van der Waals surface area (Å²) in [6.45, 7) is 0. The van der Waals surface area contributed by atoms with Crippen molar-refractivity contribution in [3.63, 3.8) is 0 Å². The highest BCUT2D eigenvalue weighted by atomic mass is 79.9. The molecule has 0 aliphatic heterocycles. The van der Waals surface area contributed by atoms with Gasteiger partial charge in [-0.1, -0.05) is 0 Å². The van der Waals surface area contributed by atoms with Gasteiger partial charge in [-0.25, -0.2) is 4.98 Å². The van der Waals surface area contributed by atoms with E-state index in [1.54, 1.807) is 6.20 Å². The SMILES string of the molecule is ClCc1ccnc(Br)c1Br. The van der Waals surface area contributed by atoms with Crippen LogP contribution in [0, 0.1) is 0 Å². The van der Waals surface area contributed by atoms with E-state index in [0.29, 0.717) is 5.88 Å². The lowest BCUT2D eigenvalue weighted by molar-refractivity contribution is 1.20. The van der Waals surface area contributed by atoms with E-state index < -0.39 is 0 Å². The van der Waals surface area contributed by atoms with Gasteiger partial charge in [0.1, 0.15) is 4.60 Å². The molecule has 1 aromatic heterocycles. The van der Waals surface area contributed by atoms with Crippen LogP contribution in [0.3, 0.4) is 0 Å². The lowest BCUT2D eigenvalue weighted by Crippen LogP contribution is -1.83. The van der Waals surface area contributed by atoms with E-state index >= 15 is 0 Å². The maximum atomic E-state index is 5.63. The fraction of sp³-hybridized carbons (Fsp3) is 0.167. The molecule has 54 valence electrons. The zero-order valence-corrected chi connectivity index (χ0v) is 8.87. The Morgan fingerprint density at radius 1 is 1.50 bits per heavy atom. The van der Waals surface area contributed by atoms with Gasteiger partial charge in [0.25, 0.3) is 0 Å². The summed E-state index contributed by atoms with van der Waals surface area (Å²) in [4.78, 5) is 4.00. The molecular weight excluding hydrogens is 281 g/mol. The van der Waals surface area contributed by atoms with Crippen LogP contribution in [-0.4, -0.2) is 4.98 Å². The second-order valence-electron chi connectivity index (χ2n) is 1.71. The van der Waals surface area contributed by atoms with E-state index in [0.717, 1.165) is 14.6 Å². The van der Waals surface area contributed by atoms with Crippen LogP contribution in [0.4, 0.5) is 0 Å². The minimum Gasteiger partial charge on any atom is -0.248 e. The Balaban J connectivity index is 3.14. The van der Waals surface area contributed by atoms with Crippen LogP contribution >= 0.6 is 43.5 Å². The number of halogens is 3. The van der Waals surface area contributed by atoms with Crippen LogP contribution in [-0.2, 0) is 5.88 Å². The number of hydrogen-bond donors (Lipinski definition) is 0. The van der Waals surface area contributed by atoms with Crippen molar-refractivity contribution in [3.05, 3.63) is 26.9 Å². The van der Waals surface area contributed by atoms with Crippen LogP contribution < -0.4 is 0 Å². The zero-order chi connectivity index (χ0) is 7.56. The molecule has 0 saturated carbocycles. The van der Waals surface area contributed by atoms with E-state index in [2.05, 4.69) is 36.8 Å². The molecule has 1 nitrogen and oxygen atoms in total. The first-order valence-electron chi connectivity index (χ1n) is 2.60. The van der Waals surface area contributed by atoms with Crippen molar-refractivity contribution in [2.45, 2.75) is 5.88 Å². The van der Waals surface area contributed by atoms with Crippen molar-refractivity contribution in [3.8, 4) is 0 Å². The van der Waals surface area contributed by atoms with Crippen LogP contribution in [0.2, 0.25) is 0 Å². The highest BCUT2D eigenvalue weighted by molar-refractivity contribution is 9.13. The molecule has 0 aliphatic carbocycles. The Hall–Kier alpha value is 0.400. The Morgan fingerprint density at radius 2 is 2.20 bits per heavy atom. The molecule has 0 radical (unpaired) electrons. The third-order valence-corrected chi connectivity index (χ3v) is 3.38. The van der Waals surface area contributed by atoms with Crippen molar-refractivity contribution in [2.24, 2.45) is 0 Å². The van der Waals surface area contributed by atoms with Gasteiger partial charge in [0.05, 0.1) is 4.47 Å². The number of rotatable bonds is 1. The molecule has 0 fully saturated rings. The zero-order valence-electron chi connectivity index (χ0n) is 4.94. The molecule has 0 amide bonds.